The molecule has 2 N–H and O–H groups in total. The second-order valence-electron chi connectivity index (χ2n) is 10.6. The van der Waals surface area contributed by atoms with Crippen molar-refractivity contribution in [1.29, 1.82) is 0 Å². The average molecular weight is 608 g/mol. The maximum absolute atomic E-state index is 13.2. The Bertz CT molecular complexity index is 1060. The Morgan fingerprint density at radius 3 is 1.78 bits per heavy atom. The van der Waals surface area contributed by atoms with E-state index < -0.39 is 71.3 Å². The molecule has 0 aromatic heterocycles. The van der Waals surface area contributed by atoms with Gasteiger partial charge in [-0.1, -0.05) is 0 Å². The van der Waals surface area contributed by atoms with E-state index in [0.717, 1.165) is 0 Å². The number of halogens is 9. The molecule has 0 aliphatic heterocycles. The van der Waals surface area contributed by atoms with E-state index in [1.807, 2.05) is 0 Å². The van der Waals surface area contributed by atoms with E-state index in [2.05, 4.69) is 10.6 Å². The van der Waals surface area contributed by atoms with Crippen LogP contribution in [-0.2, 0) is 21.9 Å². The summed E-state index contributed by atoms with van der Waals surface area (Å²) < 4.78 is 123. The van der Waals surface area contributed by atoms with Gasteiger partial charge < -0.3 is 20.3 Å². The number of amides is 3. The van der Waals surface area contributed by atoms with Crippen LogP contribution >= 0.6 is 0 Å². The quantitative estimate of drug-likeness (QED) is 0.377. The molecule has 1 saturated carbocycles. The molecule has 0 saturated heterocycles. The number of ether oxygens (including phenoxy) is 1. The summed E-state index contributed by atoms with van der Waals surface area (Å²) in [7, 11) is 0. The van der Waals surface area contributed by atoms with E-state index in [4.69, 9.17) is 4.74 Å². The zero-order valence-electron chi connectivity index (χ0n) is 22.3. The molecular formula is C25H30F9N3O4. The van der Waals surface area contributed by atoms with Crippen molar-refractivity contribution in [3.63, 3.8) is 0 Å². The van der Waals surface area contributed by atoms with Gasteiger partial charge in [-0.3, -0.25) is 9.59 Å². The highest BCUT2D eigenvalue weighted by Gasteiger charge is 2.45. The van der Waals surface area contributed by atoms with Crippen LogP contribution in [0.5, 0.6) is 0 Å². The van der Waals surface area contributed by atoms with Crippen molar-refractivity contribution in [3.8, 4) is 0 Å². The lowest BCUT2D eigenvalue weighted by Gasteiger charge is -2.37. The Kier molecular flexibility index (Phi) is 10.6. The number of rotatable bonds is 7. The lowest BCUT2D eigenvalue weighted by atomic mass is 9.85. The summed E-state index contributed by atoms with van der Waals surface area (Å²) in [6, 6.07) is -0.357. The van der Waals surface area contributed by atoms with Crippen molar-refractivity contribution in [2.75, 3.05) is 19.6 Å². The second-order valence-corrected chi connectivity index (χ2v) is 10.6. The first-order valence-corrected chi connectivity index (χ1v) is 12.5. The zero-order chi connectivity index (χ0) is 31.4. The monoisotopic (exact) mass is 607 g/mol. The van der Waals surface area contributed by atoms with Crippen molar-refractivity contribution in [2.45, 2.75) is 76.6 Å². The summed E-state index contributed by atoms with van der Waals surface area (Å²) in [5, 5.41) is 4.57. The lowest BCUT2D eigenvalue weighted by Crippen LogP contribution is -2.51. The summed E-state index contributed by atoms with van der Waals surface area (Å²) in [4.78, 5) is 36.9. The van der Waals surface area contributed by atoms with Crippen LogP contribution in [0.25, 0.3) is 0 Å². The zero-order valence-corrected chi connectivity index (χ0v) is 22.3. The fourth-order valence-electron chi connectivity index (χ4n) is 4.29. The first-order chi connectivity index (χ1) is 18.6. The molecule has 16 heteroatoms. The smallest absolute Gasteiger partial charge is 0.444 e. The topological polar surface area (TPSA) is 87.7 Å². The van der Waals surface area contributed by atoms with Crippen molar-refractivity contribution < 1.29 is 58.6 Å². The molecule has 0 heterocycles. The maximum atomic E-state index is 13.2. The third kappa shape index (κ3) is 10.6. The van der Waals surface area contributed by atoms with E-state index in [0.29, 0.717) is 17.0 Å². The molecular weight excluding hydrogens is 577 g/mol. The number of benzene rings is 1. The van der Waals surface area contributed by atoms with Gasteiger partial charge in [-0.2, -0.15) is 39.5 Å². The third-order valence-corrected chi connectivity index (χ3v) is 6.18. The highest BCUT2D eigenvalue weighted by molar-refractivity contribution is 5.94. The number of hydrogen-bond donors (Lipinski definition) is 2. The average Bonchev–Trinajstić information content (AvgIpc) is 2.82. The Hall–Kier alpha value is -3.20. The highest BCUT2D eigenvalue weighted by Crippen LogP contribution is 2.36. The molecule has 0 bridgehead atoms. The van der Waals surface area contributed by atoms with Gasteiger partial charge in [-0.25, -0.2) is 4.79 Å². The van der Waals surface area contributed by atoms with Gasteiger partial charge in [-0.15, -0.1) is 0 Å². The van der Waals surface area contributed by atoms with Gasteiger partial charge in [0.25, 0.3) is 5.91 Å². The van der Waals surface area contributed by atoms with Crippen molar-refractivity contribution in [1.82, 2.24) is 15.5 Å². The molecule has 0 spiro atoms. The first kappa shape index (κ1) is 34.0. The highest BCUT2D eigenvalue weighted by atomic mass is 19.4. The van der Waals surface area contributed by atoms with Crippen molar-refractivity contribution in [3.05, 3.63) is 34.9 Å². The van der Waals surface area contributed by atoms with Crippen LogP contribution in [0.2, 0.25) is 0 Å². The number of alkyl halides is 9. The lowest BCUT2D eigenvalue weighted by molar-refractivity contribution is -0.188. The van der Waals surface area contributed by atoms with Crippen LogP contribution in [0.4, 0.5) is 44.3 Å². The van der Waals surface area contributed by atoms with Gasteiger partial charge in [-0.05, 0) is 70.6 Å². The molecule has 0 unspecified atom stereocenters. The summed E-state index contributed by atoms with van der Waals surface area (Å²) in [6.45, 7) is 3.84. The summed E-state index contributed by atoms with van der Waals surface area (Å²) in [5.41, 5.74) is -4.98. The van der Waals surface area contributed by atoms with Gasteiger partial charge in [0.05, 0.1) is 11.1 Å². The molecule has 1 aromatic carbocycles. The SMILES string of the molecule is CC(C)(C)OC(=O)NCCN(C(=O)C(F)(F)F)C1CCC(CNC(=O)c2cc(C(F)(F)F)cc(C(F)(F)F)c2)CC1. The van der Waals surface area contributed by atoms with Crippen LogP contribution < -0.4 is 10.6 Å². The molecule has 3 amide bonds. The van der Waals surface area contributed by atoms with E-state index in [9.17, 15) is 53.9 Å². The van der Waals surface area contributed by atoms with Crippen molar-refractivity contribution >= 4 is 17.9 Å². The number of carbonyl (C=O) groups is 3. The minimum atomic E-state index is -5.17. The summed E-state index contributed by atoms with van der Waals surface area (Å²) in [5.74, 6) is -3.62. The second kappa shape index (κ2) is 12.8. The normalized spacial score (nSPS) is 18.4. The first-order valence-electron chi connectivity index (χ1n) is 12.5. The van der Waals surface area contributed by atoms with E-state index >= 15 is 0 Å². The number of alkyl carbamates (subject to hydrolysis) is 1. The number of hydrogen-bond acceptors (Lipinski definition) is 4. The number of nitrogens with zero attached hydrogens (tertiary/aromatic N) is 1. The summed E-state index contributed by atoms with van der Waals surface area (Å²) in [6.07, 6.45) is -15.7. The Labute approximate surface area is 229 Å². The summed E-state index contributed by atoms with van der Waals surface area (Å²) >= 11 is 0. The van der Waals surface area contributed by atoms with Crippen LogP contribution in [-0.4, -0.2) is 60.3 Å². The van der Waals surface area contributed by atoms with Crippen LogP contribution in [0.3, 0.4) is 0 Å². The third-order valence-electron chi connectivity index (χ3n) is 6.18. The number of nitrogens with one attached hydrogen (secondary N) is 2. The number of carbonyl (C=O) groups excluding carboxylic acids is 3. The Morgan fingerprint density at radius 2 is 1.34 bits per heavy atom. The molecule has 0 radical (unpaired) electrons. The predicted molar refractivity (Wildman–Crippen MR) is 127 cm³/mol. The molecule has 41 heavy (non-hydrogen) atoms. The Balaban J connectivity index is 2.01. The predicted octanol–water partition coefficient (Wildman–Crippen LogP) is 5.93. The fourth-order valence-corrected chi connectivity index (χ4v) is 4.29. The van der Waals surface area contributed by atoms with E-state index in [1.54, 1.807) is 20.8 Å². The fraction of sp³-hybridized carbons (Fsp3) is 0.640. The van der Waals surface area contributed by atoms with Gasteiger partial charge in [0.2, 0.25) is 0 Å². The molecule has 1 aliphatic rings. The van der Waals surface area contributed by atoms with Crippen LogP contribution in [0, 0.1) is 5.92 Å². The van der Waals surface area contributed by atoms with Gasteiger partial charge in [0, 0.05) is 31.2 Å². The minimum Gasteiger partial charge on any atom is -0.444 e. The van der Waals surface area contributed by atoms with Gasteiger partial charge in [0.15, 0.2) is 0 Å². The van der Waals surface area contributed by atoms with Crippen LogP contribution in [0.1, 0.15) is 67.9 Å². The molecule has 1 aromatic rings. The Morgan fingerprint density at radius 1 is 0.829 bits per heavy atom. The van der Waals surface area contributed by atoms with Crippen LogP contribution in [0.15, 0.2) is 18.2 Å². The van der Waals surface area contributed by atoms with Gasteiger partial charge in [0.1, 0.15) is 5.60 Å². The molecule has 7 nitrogen and oxygen atoms in total. The molecule has 2 rings (SSSR count). The maximum Gasteiger partial charge on any atom is 0.471 e. The molecule has 0 atom stereocenters. The molecule has 1 fully saturated rings. The largest absolute Gasteiger partial charge is 0.471 e. The minimum absolute atomic E-state index is 0.0799. The molecule has 232 valence electrons. The van der Waals surface area contributed by atoms with E-state index in [1.165, 1.54) is 0 Å². The van der Waals surface area contributed by atoms with Gasteiger partial charge >= 0.3 is 30.5 Å². The van der Waals surface area contributed by atoms with E-state index in [-0.39, 0.29) is 50.8 Å². The molecule has 1 aliphatic carbocycles. The van der Waals surface area contributed by atoms with Crippen molar-refractivity contribution in [2.24, 2.45) is 5.92 Å². The standard InChI is InChI=1S/C25H30F9N3O4/c1-22(2,3)41-21(40)35-8-9-37(20(39)25(32,33)34)18-6-4-14(5-7-18)13-36-19(38)15-10-16(23(26,27)28)12-17(11-15)24(29,30)31/h10-12,14,18H,4-9,13H2,1-3H3,(H,35,40)(H,36,38).